The molecule has 3 aromatic heterocycles. The molecule has 0 bridgehead atoms. The zero-order valence-electron chi connectivity index (χ0n) is 52.0. The summed E-state index contributed by atoms with van der Waals surface area (Å²) in [6, 6.07) is 99.9. The van der Waals surface area contributed by atoms with E-state index in [-0.39, 0.29) is 5.41 Å². The van der Waals surface area contributed by atoms with E-state index < -0.39 is 19.9 Å². The number of para-hydroxylation sites is 3. The molecule has 4 heterocycles. The highest BCUT2D eigenvalue weighted by Crippen LogP contribution is 2.46. The third kappa shape index (κ3) is 9.34. The van der Waals surface area contributed by atoms with E-state index in [4.69, 9.17) is 9.72 Å². The maximum Gasteiger partial charge on any atom is 0.179 e. The fraction of sp³-hybridized carbons (Fsp3) is 0.123. The van der Waals surface area contributed by atoms with E-state index in [2.05, 4.69) is 277 Å². The third-order valence-corrected chi connectivity index (χ3v) is 22.3. The number of anilines is 2. The van der Waals surface area contributed by atoms with Gasteiger partial charge in [0.25, 0.3) is 0 Å². The van der Waals surface area contributed by atoms with E-state index in [9.17, 15) is 2.74 Å². The fourth-order valence-electron chi connectivity index (χ4n) is 13.8. The topological polar surface area (TPSA) is 35.2 Å². The Hall–Kier alpha value is -10.0. The molecule has 0 fully saturated rings. The summed E-state index contributed by atoms with van der Waals surface area (Å²) in [6.07, 6.45) is 0.126. The van der Waals surface area contributed by atoms with Crippen molar-refractivity contribution in [2.45, 2.75) is 60.0 Å². The molecule has 11 aromatic carbocycles. The molecule has 0 radical (unpaired) electrons. The van der Waals surface area contributed by atoms with E-state index in [0.29, 0.717) is 29.5 Å². The van der Waals surface area contributed by atoms with Gasteiger partial charge in [-0.2, -0.15) is 0 Å². The standard InChI is InChI=1S/C81H68N4OSi/c1-80(2,3)53-55-45-46-82-77(47-55)85-74-41-21-20-37-70(74)71-44-43-60(52-76(71)85)86-59-26-22-25-58(51-59)83-54-84-78-65(38-23-39-72(78)68-35-18-16-33-66(68)67-34-17-19-36-69(67)73-40-24-42-75(83)79(73)84)56-48-57(81(4,5)6)50-64(49-56)87(61-27-10-7-11-28-61,62-29-12-8-13-30-62)63-31-14-9-15-32-63/h7-52H,53-54H2,1-6H3/i53D2. The van der Waals surface area contributed by atoms with Crippen molar-refractivity contribution >= 4 is 105 Å². The summed E-state index contributed by atoms with van der Waals surface area (Å²) in [5, 5.41) is 14.6. The van der Waals surface area contributed by atoms with Crippen molar-refractivity contribution in [3.63, 3.8) is 0 Å². The number of rotatable bonds is 10. The van der Waals surface area contributed by atoms with Crippen LogP contribution in [0.1, 0.15) is 55.4 Å². The minimum Gasteiger partial charge on any atom is -0.457 e. The van der Waals surface area contributed by atoms with E-state index >= 15 is 0 Å². The SMILES string of the molecule is [2H]C([2H])(c1ccnc(-n2c3ccccc3c3ccc(Oc4cccc(N5Cn6c7c(-c8cc(C(C)(C)C)cc([Si](c9ccccc9)(c9ccccc9)c9ccccc9)c8)cccc7c7ccccc7c7ccccc7c7cccc5c76)c4)cc32)c1)C(C)(C)C. The Morgan fingerprint density at radius 1 is 0.448 bits per heavy atom. The average molecular weight is 1140 g/mol. The van der Waals surface area contributed by atoms with E-state index in [0.717, 1.165) is 60.5 Å². The first-order chi connectivity index (χ1) is 43.2. The van der Waals surface area contributed by atoms with Crippen LogP contribution in [0.2, 0.25) is 0 Å². The van der Waals surface area contributed by atoms with Crippen LogP contribution in [-0.4, -0.2) is 22.2 Å². The number of hydrogen-bond acceptors (Lipinski definition) is 3. The van der Waals surface area contributed by atoms with Crippen LogP contribution in [0.25, 0.3) is 82.1 Å². The van der Waals surface area contributed by atoms with Crippen LogP contribution in [-0.2, 0) is 18.5 Å². The van der Waals surface area contributed by atoms with Crippen LogP contribution >= 0.6 is 0 Å². The molecular weight excluding hydrogens is 1070 g/mol. The molecule has 1 aliphatic heterocycles. The van der Waals surface area contributed by atoms with Crippen molar-refractivity contribution in [2.75, 3.05) is 4.90 Å². The van der Waals surface area contributed by atoms with Crippen LogP contribution < -0.4 is 30.4 Å². The van der Waals surface area contributed by atoms with Crippen molar-refractivity contribution in [3.8, 4) is 28.4 Å². The predicted octanol–water partition coefficient (Wildman–Crippen LogP) is 18.5. The van der Waals surface area contributed by atoms with Gasteiger partial charge < -0.3 is 14.2 Å². The first-order valence-corrected chi connectivity index (χ1v) is 32.3. The number of ether oxygens (including phenoxy) is 1. The molecule has 0 aliphatic carbocycles. The van der Waals surface area contributed by atoms with Gasteiger partial charge in [0.15, 0.2) is 8.07 Å². The second-order valence-electron chi connectivity index (χ2n) is 25.3. The lowest BCUT2D eigenvalue weighted by atomic mass is 9.85. The van der Waals surface area contributed by atoms with Gasteiger partial charge in [-0.15, -0.1) is 0 Å². The van der Waals surface area contributed by atoms with Crippen molar-refractivity contribution in [3.05, 3.63) is 290 Å². The van der Waals surface area contributed by atoms with Gasteiger partial charge in [0.2, 0.25) is 0 Å². The molecular formula is C81H68N4OSi. The molecule has 14 aromatic rings. The normalized spacial score (nSPS) is 13.2. The Morgan fingerprint density at radius 2 is 0.989 bits per heavy atom. The third-order valence-electron chi connectivity index (χ3n) is 17.6. The van der Waals surface area contributed by atoms with Gasteiger partial charge in [-0.25, -0.2) is 4.98 Å². The van der Waals surface area contributed by atoms with E-state index in [1.54, 1.807) is 12.3 Å². The molecule has 0 unspecified atom stereocenters. The number of fused-ring (bicyclic) bond motifs is 10. The summed E-state index contributed by atoms with van der Waals surface area (Å²) in [4.78, 5) is 7.33. The van der Waals surface area contributed by atoms with Crippen molar-refractivity contribution < 1.29 is 7.48 Å². The van der Waals surface area contributed by atoms with Crippen molar-refractivity contribution in [2.24, 2.45) is 5.41 Å². The number of benzene rings is 11. The van der Waals surface area contributed by atoms with Gasteiger partial charge in [0, 0.05) is 53.9 Å². The fourth-order valence-corrected chi connectivity index (χ4v) is 18.6. The zero-order chi connectivity index (χ0) is 60.8. The van der Waals surface area contributed by atoms with Crippen molar-refractivity contribution in [1.29, 1.82) is 0 Å². The Bertz CT molecular complexity index is 5060. The highest BCUT2D eigenvalue weighted by molar-refractivity contribution is 7.20. The van der Waals surface area contributed by atoms with Crippen LogP contribution in [0, 0.1) is 5.41 Å². The molecule has 5 nitrogen and oxygen atoms in total. The minimum absolute atomic E-state index is 0.195. The van der Waals surface area contributed by atoms with Gasteiger partial charge in [-0.1, -0.05) is 254 Å². The van der Waals surface area contributed by atoms with Gasteiger partial charge in [0.1, 0.15) is 24.0 Å². The Morgan fingerprint density at radius 3 is 1.62 bits per heavy atom. The molecule has 422 valence electrons. The molecule has 15 rings (SSSR count). The molecule has 0 saturated heterocycles. The van der Waals surface area contributed by atoms with E-state index in [1.807, 2.05) is 45.0 Å². The summed E-state index contributed by atoms with van der Waals surface area (Å²) >= 11 is 0. The molecule has 0 spiro atoms. The highest BCUT2D eigenvalue weighted by Gasteiger charge is 2.42. The van der Waals surface area contributed by atoms with Crippen LogP contribution in [0.4, 0.5) is 11.4 Å². The summed E-state index contributed by atoms with van der Waals surface area (Å²) in [6.45, 7) is 13.4. The molecule has 1 aliphatic rings. The van der Waals surface area contributed by atoms with E-state index in [1.165, 1.54) is 53.4 Å². The van der Waals surface area contributed by atoms with Crippen LogP contribution in [0.5, 0.6) is 11.5 Å². The molecule has 0 saturated carbocycles. The average Bonchev–Trinajstić information content (AvgIpc) is 1.67. The predicted molar refractivity (Wildman–Crippen MR) is 370 cm³/mol. The highest BCUT2D eigenvalue weighted by atomic mass is 28.3. The largest absolute Gasteiger partial charge is 0.457 e. The number of hydrogen-bond donors (Lipinski definition) is 0. The second-order valence-corrected chi connectivity index (χ2v) is 29.1. The monoisotopic (exact) mass is 1140 g/mol. The summed E-state index contributed by atoms with van der Waals surface area (Å²) in [5.74, 6) is 2.03. The van der Waals surface area contributed by atoms with Crippen LogP contribution in [0.15, 0.2) is 279 Å². The molecule has 87 heavy (non-hydrogen) atoms. The van der Waals surface area contributed by atoms with Gasteiger partial charge >= 0.3 is 0 Å². The Labute approximate surface area is 513 Å². The summed E-state index contributed by atoms with van der Waals surface area (Å²) in [7, 11) is -3.00. The van der Waals surface area contributed by atoms with Gasteiger partial charge in [-0.05, 0) is 125 Å². The van der Waals surface area contributed by atoms with Crippen molar-refractivity contribution in [1.82, 2.24) is 14.1 Å². The maximum atomic E-state index is 9.17. The first kappa shape index (κ1) is 51.4. The van der Waals surface area contributed by atoms with Gasteiger partial charge in [0.05, 0.1) is 27.8 Å². The molecule has 0 amide bonds. The molecule has 0 atom stereocenters. The molecule has 6 heteroatoms. The molecule has 0 N–H and O–H groups in total. The van der Waals surface area contributed by atoms with Crippen LogP contribution in [0.3, 0.4) is 0 Å². The smallest absolute Gasteiger partial charge is 0.179 e. The lowest BCUT2D eigenvalue weighted by Gasteiger charge is -2.36. The van der Waals surface area contributed by atoms with Gasteiger partial charge in [-0.3, -0.25) is 4.57 Å². The minimum atomic E-state index is -3.00. The summed E-state index contributed by atoms with van der Waals surface area (Å²) < 4.78 is 30.1. The lowest BCUT2D eigenvalue weighted by Crippen LogP contribution is -2.74. The number of nitrogens with zero attached hydrogens (tertiary/aromatic N) is 4. The number of aromatic nitrogens is 3. The lowest BCUT2D eigenvalue weighted by molar-refractivity contribution is 0.411. The quantitative estimate of drug-likeness (QED) is 0.101. The number of pyridine rings is 1. The Balaban J connectivity index is 0.939. The maximum absolute atomic E-state index is 9.17. The second kappa shape index (κ2) is 21.2. The summed E-state index contributed by atoms with van der Waals surface area (Å²) in [5.41, 5.74) is 9.68. The first-order valence-electron chi connectivity index (χ1n) is 31.3. The zero-order valence-corrected chi connectivity index (χ0v) is 51.0. The Kier molecular flexibility index (Phi) is 12.5.